The van der Waals surface area contributed by atoms with Crippen molar-refractivity contribution in [2.45, 2.75) is 45.8 Å². The molecular weight excluding hydrogens is 462 g/mol. The number of piperazine rings is 1. The monoisotopic (exact) mass is 491 g/mol. The molecule has 0 aromatic carbocycles. The Labute approximate surface area is 191 Å². The van der Waals surface area contributed by atoms with Crippen molar-refractivity contribution in [3.8, 4) is 0 Å². The standard InChI is InChI=1S/C22H30BrN5O3/c1-6-16-14-27(21(30)31-22(2,3)4)9-10-28(16)17-7-8-19(24-12-17)25-18-11-15(23)13-26(5)20(18)29/h7-8,11-13,16H,6,9-10,14H2,1-5H3,(H,24,25)/t16-/m0/s1. The van der Waals surface area contributed by atoms with Crippen molar-refractivity contribution in [1.82, 2.24) is 14.5 Å². The summed E-state index contributed by atoms with van der Waals surface area (Å²) in [6.45, 7) is 9.66. The van der Waals surface area contributed by atoms with Crippen molar-refractivity contribution in [2.75, 3.05) is 29.9 Å². The zero-order chi connectivity index (χ0) is 22.8. The zero-order valence-corrected chi connectivity index (χ0v) is 20.3. The van der Waals surface area contributed by atoms with Gasteiger partial charge in [0, 0.05) is 43.4 Å². The summed E-state index contributed by atoms with van der Waals surface area (Å²) in [5, 5.41) is 3.09. The number of nitrogens with zero attached hydrogens (tertiary/aromatic N) is 4. The maximum absolute atomic E-state index is 12.4. The van der Waals surface area contributed by atoms with Gasteiger partial charge in [0.25, 0.3) is 5.56 Å². The van der Waals surface area contributed by atoms with E-state index in [2.05, 4.69) is 38.1 Å². The first kappa shape index (κ1) is 23.1. The number of ether oxygens (including phenoxy) is 1. The van der Waals surface area contributed by atoms with Crippen molar-refractivity contribution in [2.24, 2.45) is 7.05 Å². The van der Waals surface area contributed by atoms with E-state index in [0.29, 0.717) is 31.1 Å². The van der Waals surface area contributed by atoms with Crippen molar-refractivity contribution in [3.63, 3.8) is 0 Å². The van der Waals surface area contributed by atoms with Gasteiger partial charge in [0.1, 0.15) is 17.1 Å². The van der Waals surface area contributed by atoms with Gasteiger partial charge in [-0.15, -0.1) is 0 Å². The molecular formula is C22H30BrN5O3. The first-order chi connectivity index (χ1) is 14.6. The summed E-state index contributed by atoms with van der Waals surface area (Å²) in [6.07, 6.45) is 4.15. The van der Waals surface area contributed by atoms with Gasteiger partial charge in [0.2, 0.25) is 0 Å². The van der Waals surface area contributed by atoms with Gasteiger partial charge in [-0.1, -0.05) is 6.92 Å². The molecule has 2 aromatic rings. The average Bonchev–Trinajstić information content (AvgIpc) is 2.70. The predicted octanol–water partition coefficient (Wildman–Crippen LogP) is 4.12. The molecule has 0 unspecified atom stereocenters. The maximum Gasteiger partial charge on any atom is 0.410 e. The van der Waals surface area contributed by atoms with Crippen molar-refractivity contribution in [3.05, 3.63) is 45.4 Å². The number of halogens is 1. The summed E-state index contributed by atoms with van der Waals surface area (Å²) in [5.41, 5.74) is 0.814. The zero-order valence-electron chi connectivity index (χ0n) is 18.7. The van der Waals surface area contributed by atoms with Crippen LogP contribution in [0.2, 0.25) is 0 Å². The number of amides is 1. The Kier molecular flexibility index (Phi) is 6.93. The van der Waals surface area contributed by atoms with Crippen LogP contribution in [-0.2, 0) is 11.8 Å². The van der Waals surface area contributed by atoms with Crippen LogP contribution >= 0.6 is 15.9 Å². The number of carbonyl (C=O) groups excluding carboxylic acids is 1. The Bertz CT molecular complexity index is 984. The van der Waals surface area contributed by atoms with Gasteiger partial charge in [-0.2, -0.15) is 0 Å². The summed E-state index contributed by atoms with van der Waals surface area (Å²) in [7, 11) is 1.70. The van der Waals surface area contributed by atoms with Gasteiger partial charge >= 0.3 is 6.09 Å². The van der Waals surface area contributed by atoms with E-state index < -0.39 is 5.60 Å². The molecule has 0 radical (unpaired) electrons. The molecule has 3 rings (SSSR count). The highest BCUT2D eigenvalue weighted by molar-refractivity contribution is 9.10. The number of aromatic nitrogens is 2. The van der Waals surface area contributed by atoms with E-state index in [1.165, 1.54) is 4.57 Å². The SMILES string of the molecule is CC[C@H]1CN(C(=O)OC(C)(C)C)CCN1c1ccc(Nc2cc(Br)cn(C)c2=O)nc1. The van der Waals surface area contributed by atoms with Gasteiger partial charge in [-0.05, 0) is 61.3 Å². The highest BCUT2D eigenvalue weighted by Gasteiger charge is 2.31. The maximum atomic E-state index is 12.4. The van der Waals surface area contributed by atoms with Crippen LogP contribution in [0, 0.1) is 0 Å². The fraction of sp³-hybridized carbons (Fsp3) is 0.500. The van der Waals surface area contributed by atoms with Gasteiger partial charge < -0.3 is 24.4 Å². The number of carbonyl (C=O) groups is 1. The third-order valence-electron chi connectivity index (χ3n) is 5.10. The predicted molar refractivity (Wildman–Crippen MR) is 126 cm³/mol. The first-order valence-corrected chi connectivity index (χ1v) is 11.2. The number of rotatable bonds is 4. The van der Waals surface area contributed by atoms with Crippen LogP contribution in [0.25, 0.3) is 0 Å². The topological polar surface area (TPSA) is 79.7 Å². The molecule has 8 nitrogen and oxygen atoms in total. The fourth-order valence-electron chi connectivity index (χ4n) is 3.56. The lowest BCUT2D eigenvalue weighted by atomic mass is 10.1. The summed E-state index contributed by atoms with van der Waals surface area (Å²) in [4.78, 5) is 33.3. The highest BCUT2D eigenvalue weighted by Crippen LogP contribution is 2.25. The van der Waals surface area contributed by atoms with Crippen molar-refractivity contribution in [1.29, 1.82) is 0 Å². The van der Waals surface area contributed by atoms with Gasteiger partial charge in [0.15, 0.2) is 0 Å². The summed E-state index contributed by atoms with van der Waals surface area (Å²) >= 11 is 3.41. The molecule has 1 amide bonds. The summed E-state index contributed by atoms with van der Waals surface area (Å²) in [6, 6.07) is 5.77. The lowest BCUT2D eigenvalue weighted by Gasteiger charge is -2.42. The van der Waals surface area contributed by atoms with Gasteiger partial charge in [0.05, 0.1) is 11.9 Å². The molecule has 1 atom stereocenters. The van der Waals surface area contributed by atoms with Crippen molar-refractivity contribution >= 4 is 39.2 Å². The van der Waals surface area contributed by atoms with Gasteiger partial charge in [-0.25, -0.2) is 9.78 Å². The Morgan fingerprint density at radius 1 is 1.32 bits per heavy atom. The van der Waals surface area contributed by atoms with Crippen LogP contribution in [0.5, 0.6) is 0 Å². The Balaban J connectivity index is 1.70. The van der Waals surface area contributed by atoms with Crippen LogP contribution in [0.1, 0.15) is 34.1 Å². The number of nitrogens with one attached hydrogen (secondary N) is 1. The van der Waals surface area contributed by atoms with Crippen molar-refractivity contribution < 1.29 is 9.53 Å². The largest absolute Gasteiger partial charge is 0.444 e. The Morgan fingerprint density at radius 3 is 2.68 bits per heavy atom. The average molecular weight is 492 g/mol. The second-order valence-corrected chi connectivity index (χ2v) is 9.61. The lowest BCUT2D eigenvalue weighted by molar-refractivity contribution is 0.0213. The summed E-state index contributed by atoms with van der Waals surface area (Å²) in [5.74, 6) is 0.597. The minimum atomic E-state index is -0.502. The number of hydrogen-bond donors (Lipinski definition) is 1. The molecule has 1 N–H and O–H groups in total. The molecule has 0 bridgehead atoms. The molecule has 31 heavy (non-hydrogen) atoms. The fourth-order valence-corrected chi connectivity index (χ4v) is 4.10. The van der Waals surface area contributed by atoms with Crippen LogP contribution in [0.15, 0.2) is 39.9 Å². The first-order valence-electron chi connectivity index (χ1n) is 10.4. The van der Waals surface area contributed by atoms with E-state index in [4.69, 9.17) is 4.74 Å². The van der Waals surface area contributed by atoms with E-state index in [-0.39, 0.29) is 17.7 Å². The van der Waals surface area contributed by atoms with E-state index in [1.54, 1.807) is 30.4 Å². The molecule has 0 spiro atoms. The number of hydrogen-bond acceptors (Lipinski definition) is 6. The molecule has 1 saturated heterocycles. The molecule has 1 aliphatic rings. The number of anilines is 3. The van der Waals surface area contributed by atoms with Crippen LogP contribution < -0.4 is 15.8 Å². The van der Waals surface area contributed by atoms with Crippen LogP contribution in [0.3, 0.4) is 0 Å². The summed E-state index contributed by atoms with van der Waals surface area (Å²) < 4.78 is 7.85. The van der Waals surface area contributed by atoms with Gasteiger partial charge in [-0.3, -0.25) is 4.79 Å². The number of aryl methyl sites for hydroxylation is 1. The minimum Gasteiger partial charge on any atom is -0.444 e. The lowest BCUT2D eigenvalue weighted by Crippen LogP contribution is -2.55. The third kappa shape index (κ3) is 5.78. The highest BCUT2D eigenvalue weighted by atomic mass is 79.9. The van der Waals surface area contributed by atoms with Crippen LogP contribution in [0.4, 0.5) is 22.0 Å². The molecule has 168 valence electrons. The molecule has 1 fully saturated rings. The Morgan fingerprint density at radius 2 is 2.06 bits per heavy atom. The van der Waals surface area contributed by atoms with E-state index in [0.717, 1.165) is 16.6 Å². The molecule has 0 aliphatic carbocycles. The quantitative estimate of drug-likeness (QED) is 0.692. The molecule has 1 aliphatic heterocycles. The molecule has 2 aromatic heterocycles. The molecule has 9 heteroatoms. The normalized spacial score (nSPS) is 16.9. The second kappa shape index (κ2) is 9.30. The van der Waals surface area contributed by atoms with E-state index >= 15 is 0 Å². The Hall–Kier alpha value is -2.55. The number of pyridine rings is 2. The smallest absolute Gasteiger partial charge is 0.410 e. The van der Waals surface area contributed by atoms with E-state index in [9.17, 15) is 9.59 Å². The minimum absolute atomic E-state index is 0.126. The second-order valence-electron chi connectivity index (χ2n) is 8.70. The van der Waals surface area contributed by atoms with Crippen LogP contribution in [-0.4, -0.2) is 51.8 Å². The van der Waals surface area contributed by atoms with E-state index in [1.807, 2.05) is 32.9 Å². The molecule has 0 saturated carbocycles. The molecule has 3 heterocycles. The third-order valence-corrected chi connectivity index (χ3v) is 5.53.